The topological polar surface area (TPSA) is 121 Å². The van der Waals surface area contributed by atoms with Gasteiger partial charge in [0.15, 0.2) is 11.9 Å². The van der Waals surface area contributed by atoms with Gasteiger partial charge in [0.25, 0.3) is 0 Å². The normalized spacial score (nSPS) is 11.5. The van der Waals surface area contributed by atoms with Crippen molar-refractivity contribution >= 4 is 27.3 Å². The lowest BCUT2D eigenvalue weighted by molar-refractivity contribution is -2.00. The van der Waals surface area contributed by atoms with Crippen LogP contribution >= 0.6 is 0 Å². The third-order valence-electron chi connectivity index (χ3n) is 4.60. The quantitative estimate of drug-likeness (QED) is 0.405. The van der Waals surface area contributed by atoms with Gasteiger partial charge in [0, 0.05) is 28.4 Å². The Bertz CT molecular complexity index is 1290. The standard InChI is InChI=1S/C22H16N2O.ClHO4/c1-2-6-16(7-3-1)15-25-17-10-11-21-22-19(12-13-24(21)14-17)18-8-4-5-9-20(18)23-22;2-1(3,4)5/h1-14H,15H2;(H,2,3,4,5). The van der Waals surface area contributed by atoms with Gasteiger partial charge in [0.05, 0.1) is 0 Å². The van der Waals surface area contributed by atoms with E-state index in [0.717, 1.165) is 22.3 Å². The fourth-order valence-electron chi connectivity index (χ4n) is 3.35. The number of fused-ring (bicyclic) bond motifs is 5. The van der Waals surface area contributed by atoms with Crippen molar-refractivity contribution in [2.45, 2.75) is 6.61 Å². The monoisotopic (exact) mass is 424 g/mol. The van der Waals surface area contributed by atoms with E-state index in [4.69, 9.17) is 23.4 Å². The zero-order chi connectivity index (χ0) is 21.1. The fraction of sp³-hybridized carbons (Fsp3) is 0.0455. The van der Waals surface area contributed by atoms with Crippen LogP contribution in [0, 0.1) is 10.2 Å². The van der Waals surface area contributed by atoms with Gasteiger partial charge in [-0.15, -0.1) is 10.2 Å². The van der Waals surface area contributed by atoms with Gasteiger partial charge in [-0.05, 0) is 17.7 Å². The average Bonchev–Trinajstić information content (AvgIpc) is 3.11. The molecule has 0 saturated heterocycles. The van der Waals surface area contributed by atoms with Crippen LogP contribution in [0.15, 0.2) is 85.2 Å². The number of aromatic amines is 1. The minimum absolute atomic E-state index is 0.571. The first-order valence-electron chi connectivity index (χ1n) is 9.01. The molecule has 0 spiro atoms. The van der Waals surface area contributed by atoms with Crippen molar-refractivity contribution < 1.29 is 38.0 Å². The highest BCUT2D eigenvalue weighted by atomic mass is 35.7. The van der Waals surface area contributed by atoms with Gasteiger partial charge in [-0.3, -0.25) is 0 Å². The number of ether oxygens (including phenoxy) is 1. The summed E-state index contributed by atoms with van der Waals surface area (Å²) in [7, 11) is -4.94. The molecule has 0 amide bonds. The molecule has 3 aromatic heterocycles. The molecule has 8 heteroatoms. The molecule has 0 atom stereocenters. The maximum atomic E-state index is 8.49. The van der Waals surface area contributed by atoms with E-state index in [2.05, 4.69) is 64.1 Å². The molecule has 30 heavy (non-hydrogen) atoms. The van der Waals surface area contributed by atoms with Gasteiger partial charge < -0.3 is 9.72 Å². The fourth-order valence-corrected chi connectivity index (χ4v) is 3.35. The Labute approximate surface area is 173 Å². The van der Waals surface area contributed by atoms with Crippen LogP contribution < -0.4 is 27.8 Å². The number of rotatable bonds is 3. The Morgan fingerprint density at radius 2 is 1.50 bits per heavy atom. The Balaban J connectivity index is 0.000000393. The zero-order valence-corrected chi connectivity index (χ0v) is 16.4. The summed E-state index contributed by atoms with van der Waals surface area (Å²) in [6.07, 6.45) is 4.12. The summed E-state index contributed by atoms with van der Waals surface area (Å²) in [5, 5.41) is 2.50. The van der Waals surface area contributed by atoms with E-state index in [9.17, 15) is 0 Å². The largest absolute Gasteiger partial charge is 0.483 e. The molecule has 0 fully saturated rings. The third kappa shape index (κ3) is 4.68. The second-order valence-corrected chi connectivity index (χ2v) is 7.34. The van der Waals surface area contributed by atoms with Gasteiger partial charge in [-0.2, -0.15) is 4.40 Å². The summed E-state index contributed by atoms with van der Waals surface area (Å²) in [6, 6.07) is 24.9. The van der Waals surface area contributed by atoms with Crippen LogP contribution in [0.2, 0.25) is 0 Å². The second-order valence-electron chi connectivity index (χ2n) is 6.58. The number of para-hydroxylation sites is 1. The van der Waals surface area contributed by atoms with Crippen molar-refractivity contribution in [2.24, 2.45) is 0 Å². The summed E-state index contributed by atoms with van der Waals surface area (Å²) in [5.74, 6) is 0.858. The Hall–Kier alpha value is -3.20. The molecule has 5 rings (SSSR count). The van der Waals surface area contributed by atoms with Gasteiger partial charge in [0.2, 0.25) is 11.7 Å². The third-order valence-corrected chi connectivity index (χ3v) is 4.60. The number of nitrogens with zero attached hydrogens (tertiary/aromatic N) is 1. The smallest absolute Gasteiger partial charge is 0.235 e. The first-order chi connectivity index (χ1) is 14.4. The van der Waals surface area contributed by atoms with Crippen LogP contribution in [0.4, 0.5) is 0 Å². The highest BCUT2D eigenvalue weighted by Gasteiger charge is 2.13. The van der Waals surface area contributed by atoms with Crippen molar-refractivity contribution in [3.63, 3.8) is 0 Å². The molecule has 7 nitrogen and oxygen atoms in total. The highest BCUT2D eigenvalue weighted by Crippen LogP contribution is 2.27. The molecular formula is C22H17ClN2O5. The summed E-state index contributed by atoms with van der Waals surface area (Å²) in [5.41, 5.74) is 4.62. The van der Waals surface area contributed by atoms with Gasteiger partial charge >= 0.3 is 0 Å². The summed E-state index contributed by atoms with van der Waals surface area (Å²) < 4.78 is 42.0. The van der Waals surface area contributed by atoms with Crippen molar-refractivity contribution in [3.8, 4) is 5.75 Å². The number of halogens is 1. The Kier molecular flexibility index (Phi) is 5.54. The molecule has 0 aliphatic rings. The molecule has 1 N–H and O–H groups in total. The highest BCUT2D eigenvalue weighted by molar-refractivity contribution is 6.10. The molecule has 0 saturated carbocycles. The minimum atomic E-state index is -4.94. The van der Waals surface area contributed by atoms with E-state index in [1.165, 1.54) is 16.3 Å². The van der Waals surface area contributed by atoms with Crippen molar-refractivity contribution in [1.82, 2.24) is 4.98 Å². The number of aromatic nitrogens is 2. The molecule has 2 aromatic carbocycles. The SMILES string of the molecule is [O-][Cl+3]([O-])([O-])[O-].c1ccc(COc2ccc3c4[nH]c5ccccc5c4cc[n+]3c2)cc1. The van der Waals surface area contributed by atoms with E-state index >= 15 is 0 Å². The summed E-state index contributed by atoms with van der Waals surface area (Å²) >= 11 is 0. The first kappa shape index (κ1) is 20.1. The number of nitrogens with one attached hydrogen (secondary N) is 1. The van der Waals surface area contributed by atoms with Gasteiger partial charge in [-0.1, -0.05) is 48.5 Å². The van der Waals surface area contributed by atoms with E-state index in [1.807, 2.05) is 30.5 Å². The van der Waals surface area contributed by atoms with Crippen molar-refractivity contribution in [1.29, 1.82) is 0 Å². The van der Waals surface area contributed by atoms with Crippen LogP contribution in [0.1, 0.15) is 5.56 Å². The molecule has 5 aromatic rings. The van der Waals surface area contributed by atoms with Crippen LogP contribution in [0.3, 0.4) is 0 Å². The number of benzene rings is 2. The van der Waals surface area contributed by atoms with Gasteiger partial charge in [0.1, 0.15) is 12.1 Å². The first-order valence-corrected chi connectivity index (χ1v) is 10.2. The molecular weight excluding hydrogens is 408 g/mol. The molecule has 0 bridgehead atoms. The number of hydrogen-bond acceptors (Lipinski definition) is 5. The minimum Gasteiger partial charge on any atom is -0.483 e. The molecule has 3 heterocycles. The Morgan fingerprint density at radius 3 is 2.27 bits per heavy atom. The number of hydrogen-bond donors (Lipinski definition) is 1. The van der Waals surface area contributed by atoms with Crippen LogP contribution in [0.25, 0.3) is 27.3 Å². The van der Waals surface area contributed by atoms with E-state index < -0.39 is 10.2 Å². The number of H-pyrrole nitrogens is 1. The van der Waals surface area contributed by atoms with E-state index in [0.29, 0.717) is 6.61 Å². The molecule has 0 radical (unpaired) electrons. The van der Waals surface area contributed by atoms with Crippen LogP contribution in [-0.2, 0) is 6.61 Å². The Morgan fingerprint density at radius 1 is 0.800 bits per heavy atom. The molecule has 0 aliphatic heterocycles. The van der Waals surface area contributed by atoms with Crippen LogP contribution in [0.5, 0.6) is 5.75 Å². The second kappa shape index (κ2) is 8.27. The van der Waals surface area contributed by atoms with E-state index in [-0.39, 0.29) is 0 Å². The maximum absolute atomic E-state index is 8.49. The lowest BCUT2D eigenvalue weighted by Crippen LogP contribution is -2.68. The van der Waals surface area contributed by atoms with Crippen molar-refractivity contribution in [2.75, 3.05) is 0 Å². The molecule has 0 unspecified atom stereocenters. The lowest BCUT2D eigenvalue weighted by Gasteiger charge is -2.17. The van der Waals surface area contributed by atoms with Gasteiger partial charge in [-0.25, -0.2) is 18.6 Å². The van der Waals surface area contributed by atoms with E-state index in [1.54, 1.807) is 0 Å². The zero-order valence-electron chi connectivity index (χ0n) is 15.7. The predicted molar refractivity (Wildman–Crippen MR) is 99.7 cm³/mol. The summed E-state index contributed by atoms with van der Waals surface area (Å²) in [6.45, 7) is 0.571. The predicted octanol–water partition coefficient (Wildman–Crippen LogP) is -0.117. The molecule has 0 aliphatic carbocycles. The maximum Gasteiger partial charge on any atom is 0.235 e. The van der Waals surface area contributed by atoms with Crippen LogP contribution in [-0.4, -0.2) is 4.98 Å². The number of pyridine rings is 2. The lowest BCUT2D eigenvalue weighted by atomic mass is 10.1. The summed E-state index contributed by atoms with van der Waals surface area (Å²) in [4.78, 5) is 3.54. The molecule has 152 valence electrons. The average molecular weight is 425 g/mol. The van der Waals surface area contributed by atoms with Crippen molar-refractivity contribution in [3.05, 3.63) is 90.8 Å².